The van der Waals surface area contributed by atoms with Crippen molar-refractivity contribution in [3.8, 4) is 0 Å². The Labute approximate surface area is 171 Å². The van der Waals surface area contributed by atoms with Crippen LogP contribution in [0.4, 0.5) is 0 Å². The summed E-state index contributed by atoms with van der Waals surface area (Å²) in [5, 5.41) is 0.995. The minimum atomic E-state index is -0.578. The van der Waals surface area contributed by atoms with E-state index in [-0.39, 0.29) is 17.1 Å². The predicted octanol–water partition coefficient (Wildman–Crippen LogP) is 4.59. The Balaban J connectivity index is 1.74. The molecule has 0 fully saturated rings. The summed E-state index contributed by atoms with van der Waals surface area (Å²) in [6.45, 7) is 0.318. The van der Waals surface area contributed by atoms with Crippen molar-refractivity contribution in [3.05, 3.63) is 111 Å². The lowest BCUT2D eigenvalue weighted by Gasteiger charge is -2.25. The second-order valence-electron chi connectivity index (χ2n) is 6.92. The molecule has 0 spiro atoms. The highest BCUT2D eigenvalue weighted by atomic mass is 35.5. The van der Waals surface area contributed by atoms with Gasteiger partial charge in [0.25, 0.3) is 5.91 Å². The molecule has 1 aliphatic rings. The molecule has 1 atom stereocenters. The van der Waals surface area contributed by atoms with Crippen LogP contribution in [0.2, 0.25) is 5.02 Å². The molecule has 1 aliphatic heterocycles. The molecule has 5 rings (SSSR count). The summed E-state index contributed by atoms with van der Waals surface area (Å²) in [6.07, 6.45) is 3.35. The van der Waals surface area contributed by atoms with Crippen LogP contribution in [0.25, 0.3) is 11.0 Å². The number of benzene rings is 2. The van der Waals surface area contributed by atoms with Gasteiger partial charge in [-0.15, -0.1) is 0 Å². The molecule has 0 unspecified atom stereocenters. The summed E-state index contributed by atoms with van der Waals surface area (Å²) in [4.78, 5) is 32.3. The van der Waals surface area contributed by atoms with Crippen molar-refractivity contribution < 1.29 is 9.21 Å². The van der Waals surface area contributed by atoms with Crippen LogP contribution in [0, 0.1) is 0 Å². The summed E-state index contributed by atoms with van der Waals surface area (Å²) >= 11 is 6.22. The van der Waals surface area contributed by atoms with Gasteiger partial charge >= 0.3 is 0 Å². The summed E-state index contributed by atoms with van der Waals surface area (Å²) < 4.78 is 5.91. The average molecular weight is 403 g/mol. The van der Waals surface area contributed by atoms with Gasteiger partial charge in [-0.05, 0) is 47.5 Å². The lowest BCUT2D eigenvalue weighted by atomic mass is 9.98. The smallest absolute Gasteiger partial charge is 0.291 e. The second kappa shape index (κ2) is 6.87. The zero-order chi connectivity index (χ0) is 20.0. The van der Waals surface area contributed by atoms with Gasteiger partial charge in [-0.2, -0.15) is 0 Å². The summed E-state index contributed by atoms with van der Waals surface area (Å²) in [7, 11) is 0. The molecule has 1 amide bonds. The Hall–Kier alpha value is -3.44. The van der Waals surface area contributed by atoms with Crippen molar-refractivity contribution >= 4 is 28.5 Å². The van der Waals surface area contributed by atoms with Crippen LogP contribution in [0.15, 0.2) is 82.3 Å². The van der Waals surface area contributed by atoms with E-state index < -0.39 is 6.04 Å². The van der Waals surface area contributed by atoms with E-state index in [4.69, 9.17) is 16.0 Å². The van der Waals surface area contributed by atoms with Crippen LogP contribution in [-0.2, 0) is 6.54 Å². The fourth-order valence-corrected chi connectivity index (χ4v) is 4.04. The normalized spacial score (nSPS) is 15.7. The average Bonchev–Trinajstić information content (AvgIpc) is 3.01. The van der Waals surface area contributed by atoms with E-state index in [2.05, 4.69) is 4.98 Å². The number of hydrogen-bond acceptors (Lipinski definition) is 4. The number of carbonyl (C=O) groups is 1. The van der Waals surface area contributed by atoms with Crippen molar-refractivity contribution in [2.45, 2.75) is 12.6 Å². The third-order valence-electron chi connectivity index (χ3n) is 5.14. The number of hydrogen-bond donors (Lipinski definition) is 0. The lowest BCUT2D eigenvalue weighted by Crippen LogP contribution is -2.29. The van der Waals surface area contributed by atoms with Crippen LogP contribution < -0.4 is 5.43 Å². The van der Waals surface area contributed by atoms with Gasteiger partial charge < -0.3 is 9.32 Å². The maximum absolute atomic E-state index is 13.4. The van der Waals surface area contributed by atoms with Crippen molar-refractivity contribution in [2.75, 3.05) is 0 Å². The third kappa shape index (κ3) is 2.91. The number of rotatable bonds is 3. The molecule has 5 nitrogen and oxygen atoms in total. The number of halogens is 1. The topological polar surface area (TPSA) is 63.4 Å². The Bertz CT molecular complexity index is 1300. The van der Waals surface area contributed by atoms with Crippen LogP contribution in [0.1, 0.15) is 33.3 Å². The fraction of sp³-hybridized carbons (Fsp3) is 0.0870. The van der Waals surface area contributed by atoms with Gasteiger partial charge in [0, 0.05) is 24.0 Å². The SMILES string of the molecule is O=C1c2oc3ccccc3c(=O)c2[C@H](c2cccc(Cl)c2)N1Cc1ccncc1. The van der Waals surface area contributed by atoms with Gasteiger partial charge in [-0.25, -0.2) is 0 Å². The Kier molecular flexibility index (Phi) is 4.18. The zero-order valence-electron chi connectivity index (χ0n) is 15.2. The molecule has 0 aliphatic carbocycles. The van der Waals surface area contributed by atoms with Gasteiger partial charge in [0.05, 0.1) is 17.0 Å². The molecule has 29 heavy (non-hydrogen) atoms. The quantitative estimate of drug-likeness (QED) is 0.503. The number of fused-ring (bicyclic) bond motifs is 2. The number of aromatic nitrogens is 1. The Morgan fingerprint density at radius 3 is 2.59 bits per heavy atom. The van der Waals surface area contributed by atoms with Crippen molar-refractivity contribution in [2.24, 2.45) is 0 Å². The number of pyridine rings is 1. The monoisotopic (exact) mass is 402 g/mol. The Morgan fingerprint density at radius 2 is 1.79 bits per heavy atom. The van der Waals surface area contributed by atoms with Crippen molar-refractivity contribution in [1.82, 2.24) is 9.88 Å². The molecule has 3 heterocycles. The standard InChI is InChI=1S/C23H15ClN2O3/c24-16-5-3-4-15(12-16)20-19-21(27)17-6-1-2-7-18(17)29-22(19)23(28)26(20)13-14-8-10-25-11-9-14/h1-12,20H,13H2/t20-/m0/s1. The van der Waals surface area contributed by atoms with Crippen LogP contribution >= 0.6 is 11.6 Å². The first-order valence-electron chi connectivity index (χ1n) is 9.14. The minimum Gasteiger partial charge on any atom is -0.450 e. The molecule has 0 saturated carbocycles. The largest absolute Gasteiger partial charge is 0.450 e. The van der Waals surface area contributed by atoms with E-state index in [1.807, 2.05) is 24.3 Å². The van der Waals surface area contributed by atoms with Crippen LogP contribution in [0.3, 0.4) is 0 Å². The molecule has 4 aromatic rings. The zero-order valence-corrected chi connectivity index (χ0v) is 16.0. The summed E-state index contributed by atoms with van der Waals surface area (Å²) in [5.41, 5.74) is 2.23. The van der Waals surface area contributed by atoms with Gasteiger partial charge in [0.2, 0.25) is 5.76 Å². The summed E-state index contributed by atoms with van der Waals surface area (Å²) in [6, 6.07) is 17.3. The van der Waals surface area contributed by atoms with E-state index in [9.17, 15) is 9.59 Å². The molecule has 142 valence electrons. The van der Waals surface area contributed by atoms with Gasteiger partial charge in [-0.1, -0.05) is 35.9 Å². The number of nitrogens with zero attached hydrogens (tertiary/aromatic N) is 2. The van der Waals surface area contributed by atoms with Crippen molar-refractivity contribution in [1.29, 1.82) is 0 Å². The van der Waals surface area contributed by atoms with Gasteiger partial charge in [0.15, 0.2) is 5.43 Å². The first kappa shape index (κ1) is 17.6. The van der Waals surface area contributed by atoms with E-state index in [1.165, 1.54) is 0 Å². The maximum Gasteiger partial charge on any atom is 0.291 e. The molecular formula is C23H15ClN2O3. The fourth-order valence-electron chi connectivity index (χ4n) is 3.84. The van der Waals surface area contributed by atoms with E-state index in [0.717, 1.165) is 11.1 Å². The molecular weight excluding hydrogens is 388 g/mol. The molecule has 0 N–H and O–H groups in total. The van der Waals surface area contributed by atoms with E-state index in [1.54, 1.807) is 53.7 Å². The van der Waals surface area contributed by atoms with Crippen LogP contribution in [0.5, 0.6) is 0 Å². The maximum atomic E-state index is 13.4. The highest BCUT2D eigenvalue weighted by molar-refractivity contribution is 6.30. The number of para-hydroxylation sites is 1. The molecule has 6 heteroatoms. The van der Waals surface area contributed by atoms with E-state index in [0.29, 0.717) is 28.1 Å². The van der Waals surface area contributed by atoms with Gasteiger partial charge in [-0.3, -0.25) is 14.6 Å². The third-order valence-corrected chi connectivity index (χ3v) is 5.37. The second-order valence-corrected chi connectivity index (χ2v) is 7.35. The van der Waals surface area contributed by atoms with Crippen LogP contribution in [-0.4, -0.2) is 15.8 Å². The Morgan fingerprint density at radius 1 is 1.00 bits per heavy atom. The number of amides is 1. The molecule has 0 radical (unpaired) electrons. The van der Waals surface area contributed by atoms with Crippen molar-refractivity contribution in [3.63, 3.8) is 0 Å². The van der Waals surface area contributed by atoms with Gasteiger partial charge in [0.1, 0.15) is 5.58 Å². The predicted molar refractivity (Wildman–Crippen MR) is 110 cm³/mol. The molecule has 2 aromatic heterocycles. The molecule has 0 saturated heterocycles. The van der Waals surface area contributed by atoms with E-state index >= 15 is 0 Å². The highest BCUT2D eigenvalue weighted by Crippen LogP contribution is 2.39. The minimum absolute atomic E-state index is 0.0905. The summed E-state index contributed by atoms with van der Waals surface area (Å²) in [5.74, 6) is -0.225. The first-order valence-corrected chi connectivity index (χ1v) is 9.52. The number of carbonyl (C=O) groups excluding carboxylic acids is 1. The molecule has 2 aromatic carbocycles. The molecule has 0 bridgehead atoms. The highest BCUT2D eigenvalue weighted by Gasteiger charge is 2.42. The lowest BCUT2D eigenvalue weighted by molar-refractivity contribution is 0.0714. The first-order chi connectivity index (χ1) is 14.1.